The fourth-order valence-corrected chi connectivity index (χ4v) is 2.27. The predicted octanol–water partition coefficient (Wildman–Crippen LogP) is 3.20. The van der Waals surface area contributed by atoms with E-state index in [0.29, 0.717) is 6.42 Å². The highest BCUT2D eigenvalue weighted by molar-refractivity contribution is 5.85. The zero-order chi connectivity index (χ0) is 14.5. The number of benzene rings is 1. The maximum Gasteiger partial charge on any atom is 0.123 e. The molecule has 1 atom stereocenters. The number of methoxy groups -OCH3 is 2. The molecule has 0 fully saturated rings. The van der Waals surface area contributed by atoms with E-state index in [1.165, 1.54) is 0 Å². The van der Waals surface area contributed by atoms with Crippen molar-refractivity contribution in [3.63, 3.8) is 0 Å². The quantitative estimate of drug-likeness (QED) is 0.890. The van der Waals surface area contributed by atoms with Crippen molar-refractivity contribution < 1.29 is 13.9 Å². The lowest BCUT2D eigenvalue weighted by Gasteiger charge is -2.15. The Morgan fingerprint density at radius 2 is 1.76 bits per heavy atom. The molecule has 0 saturated carbocycles. The Labute approximate surface area is 131 Å². The normalized spacial score (nSPS) is 11.6. The molecule has 2 N–H and O–H groups in total. The van der Waals surface area contributed by atoms with Crippen molar-refractivity contribution >= 4 is 12.4 Å². The topological polar surface area (TPSA) is 57.6 Å². The van der Waals surface area contributed by atoms with Gasteiger partial charge in [0.15, 0.2) is 0 Å². The van der Waals surface area contributed by atoms with Gasteiger partial charge in [-0.3, -0.25) is 0 Å². The fourth-order valence-electron chi connectivity index (χ4n) is 2.27. The first-order valence-electron chi connectivity index (χ1n) is 6.65. The summed E-state index contributed by atoms with van der Waals surface area (Å²) in [5.41, 5.74) is 7.97. The first kappa shape index (κ1) is 17.4. The number of hydrogen-bond donors (Lipinski definition) is 1. The largest absolute Gasteiger partial charge is 0.496 e. The van der Waals surface area contributed by atoms with E-state index in [1.807, 2.05) is 31.2 Å². The van der Waals surface area contributed by atoms with Crippen LogP contribution in [0.4, 0.5) is 0 Å². The molecule has 0 aliphatic carbocycles. The van der Waals surface area contributed by atoms with Gasteiger partial charge in [-0.25, -0.2) is 0 Å². The summed E-state index contributed by atoms with van der Waals surface area (Å²) in [6, 6.07) is 7.90. The van der Waals surface area contributed by atoms with Crippen LogP contribution < -0.4 is 15.2 Å². The lowest BCUT2D eigenvalue weighted by atomic mass is 10.0. The molecule has 1 aromatic heterocycles. The van der Waals surface area contributed by atoms with E-state index in [-0.39, 0.29) is 18.4 Å². The minimum atomic E-state index is 0. The summed E-state index contributed by atoms with van der Waals surface area (Å²) in [6.07, 6.45) is 3.09. The van der Waals surface area contributed by atoms with Gasteiger partial charge in [0, 0.05) is 18.0 Å². The number of furan rings is 1. The van der Waals surface area contributed by atoms with Gasteiger partial charge in [-0.15, -0.1) is 12.4 Å². The maximum atomic E-state index is 5.88. The van der Waals surface area contributed by atoms with Crippen molar-refractivity contribution in [3.05, 3.63) is 47.4 Å². The minimum Gasteiger partial charge on any atom is -0.496 e. The Morgan fingerprint density at radius 1 is 1.14 bits per heavy atom. The molecular weight excluding hydrogens is 290 g/mol. The number of rotatable bonds is 6. The molecule has 5 heteroatoms. The molecule has 4 nitrogen and oxygen atoms in total. The summed E-state index contributed by atoms with van der Waals surface area (Å²) < 4.78 is 16.3. The second kappa shape index (κ2) is 7.96. The highest BCUT2D eigenvalue weighted by Gasteiger charge is 2.13. The smallest absolute Gasteiger partial charge is 0.123 e. The van der Waals surface area contributed by atoms with Crippen LogP contribution >= 0.6 is 12.4 Å². The van der Waals surface area contributed by atoms with Crippen LogP contribution in [-0.2, 0) is 12.8 Å². The number of halogens is 1. The van der Waals surface area contributed by atoms with Crippen molar-refractivity contribution in [2.45, 2.75) is 25.8 Å². The average molecular weight is 312 g/mol. The van der Waals surface area contributed by atoms with Crippen LogP contribution in [0.25, 0.3) is 0 Å². The van der Waals surface area contributed by atoms with Crippen molar-refractivity contribution in [1.29, 1.82) is 0 Å². The van der Waals surface area contributed by atoms with Gasteiger partial charge in [0.25, 0.3) is 0 Å². The van der Waals surface area contributed by atoms with Gasteiger partial charge in [0.2, 0.25) is 0 Å². The van der Waals surface area contributed by atoms with Gasteiger partial charge in [-0.2, -0.15) is 0 Å². The second-order valence-electron chi connectivity index (χ2n) is 4.91. The lowest BCUT2D eigenvalue weighted by molar-refractivity contribution is 0.393. The van der Waals surface area contributed by atoms with E-state index in [2.05, 4.69) is 0 Å². The fraction of sp³-hybridized carbons (Fsp3) is 0.375. The van der Waals surface area contributed by atoms with E-state index in [4.69, 9.17) is 19.6 Å². The van der Waals surface area contributed by atoms with Crippen LogP contribution in [0.3, 0.4) is 0 Å². The maximum absolute atomic E-state index is 5.88. The Hall–Kier alpha value is -1.65. The molecule has 0 aliphatic rings. The molecule has 0 amide bonds. The van der Waals surface area contributed by atoms with Gasteiger partial charge in [-0.1, -0.05) is 0 Å². The number of nitrogens with two attached hydrogens (primary N) is 1. The van der Waals surface area contributed by atoms with Gasteiger partial charge in [0.1, 0.15) is 17.3 Å². The molecule has 21 heavy (non-hydrogen) atoms. The summed E-state index contributed by atoms with van der Waals surface area (Å²) in [7, 11) is 3.34. The van der Waals surface area contributed by atoms with Gasteiger partial charge in [-0.05, 0) is 43.2 Å². The molecule has 1 aromatic carbocycles. The zero-order valence-corrected chi connectivity index (χ0v) is 13.4. The van der Waals surface area contributed by atoms with Crippen LogP contribution in [0.15, 0.2) is 34.9 Å². The number of hydrogen-bond acceptors (Lipinski definition) is 4. The molecular formula is C16H22ClNO3. The van der Waals surface area contributed by atoms with Gasteiger partial charge >= 0.3 is 0 Å². The van der Waals surface area contributed by atoms with Crippen molar-refractivity contribution in [3.8, 4) is 11.5 Å². The minimum absolute atomic E-state index is 0. The third kappa shape index (κ3) is 4.41. The first-order chi connectivity index (χ1) is 9.63. The average Bonchev–Trinajstić information content (AvgIpc) is 2.92. The van der Waals surface area contributed by atoms with Crippen LogP contribution in [0.5, 0.6) is 11.5 Å². The summed E-state index contributed by atoms with van der Waals surface area (Å²) in [4.78, 5) is 0. The standard InChI is InChI=1S/C16H21NO3.ClH/c1-11(17)7-12-9-16(19-3)13(10-15(12)18-2)8-14-5-4-6-20-14;/h4-6,9-11H,7-8,17H2,1-3H3;1H/t11-;/m1./s1. The molecule has 116 valence electrons. The van der Waals surface area contributed by atoms with E-state index < -0.39 is 0 Å². The van der Waals surface area contributed by atoms with Crippen LogP contribution in [-0.4, -0.2) is 20.3 Å². The van der Waals surface area contributed by atoms with Gasteiger partial charge in [0.05, 0.1) is 20.5 Å². The molecule has 0 spiro atoms. The lowest BCUT2D eigenvalue weighted by Crippen LogP contribution is -2.18. The SMILES string of the molecule is COc1cc(C[C@@H](C)N)c(OC)cc1Cc1ccco1.Cl. The Bertz CT molecular complexity index is 553. The molecule has 0 aliphatic heterocycles. The third-order valence-corrected chi connectivity index (χ3v) is 3.17. The monoisotopic (exact) mass is 311 g/mol. The van der Waals surface area contributed by atoms with E-state index in [1.54, 1.807) is 20.5 Å². The van der Waals surface area contributed by atoms with Crippen molar-refractivity contribution in [1.82, 2.24) is 0 Å². The Balaban J connectivity index is 0.00000220. The van der Waals surface area contributed by atoms with E-state index in [9.17, 15) is 0 Å². The summed E-state index contributed by atoms with van der Waals surface area (Å²) in [5.74, 6) is 2.56. The molecule has 2 aromatic rings. The van der Waals surface area contributed by atoms with Gasteiger partial charge < -0.3 is 19.6 Å². The number of ether oxygens (including phenoxy) is 2. The summed E-state index contributed by atoms with van der Waals surface area (Å²) in [5, 5.41) is 0. The molecule has 0 saturated heterocycles. The summed E-state index contributed by atoms with van der Waals surface area (Å²) in [6.45, 7) is 1.97. The second-order valence-corrected chi connectivity index (χ2v) is 4.91. The van der Waals surface area contributed by atoms with Crippen LogP contribution in [0, 0.1) is 0 Å². The third-order valence-electron chi connectivity index (χ3n) is 3.17. The van der Waals surface area contributed by atoms with Crippen molar-refractivity contribution in [2.24, 2.45) is 5.73 Å². The molecule has 2 rings (SSSR count). The highest BCUT2D eigenvalue weighted by Crippen LogP contribution is 2.31. The molecule has 0 unspecified atom stereocenters. The predicted molar refractivity (Wildman–Crippen MR) is 85.7 cm³/mol. The van der Waals surface area contributed by atoms with Crippen LogP contribution in [0.2, 0.25) is 0 Å². The van der Waals surface area contributed by atoms with Crippen LogP contribution in [0.1, 0.15) is 23.8 Å². The molecule has 0 bridgehead atoms. The Kier molecular flexibility index (Phi) is 6.59. The molecule has 0 radical (unpaired) electrons. The zero-order valence-electron chi connectivity index (χ0n) is 12.6. The first-order valence-corrected chi connectivity index (χ1v) is 6.65. The van der Waals surface area contributed by atoms with E-state index in [0.717, 1.165) is 34.8 Å². The van der Waals surface area contributed by atoms with E-state index >= 15 is 0 Å². The van der Waals surface area contributed by atoms with Crippen molar-refractivity contribution in [2.75, 3.05) is 14.2 Å². The highest BCUT2D eigenvalue weighted by atomic mass is 35.5. The Morgan fingerprint density at radius 3 is 2.29 bits per heavy atom. The summed E-state index contributed by atoms with van der Waals surface area (Å²) >= 11 is 0. The molecule has 1 heterocycles.